The Balaban J connectivity index is 2.39. The van der Waals surface area contributed by atoms with Crippen LogP contribution < -0.4 is 0 Å². The topological polar surface area (TPSA) is 37.3 Å². The fourth-order valence-electron chi connectivity index (χ4n) is 3.32. The third-order valence-electron chi connectivity index (χ3n) is 4.91. The van der Waals surface area contributed by atoms with Crippen LogP contribution in [-0.4, -0.2) is 17.0 Å². The number of rotatable bonds is 1. The van der Waals surface area contributed by atoms with E-state index in [1.165, 1.54) is 5.57 Å². The molecule has 0 spiro atoms. The third kappa shape index (κ3) is 1.89. The van der Waals surface area contributed by atoms with E-state index in [1.807, 2.05) is 13.0 Å². The van der Waals surface area contributed by atoms with E-state index in [1.54, 1.807) is 0 Å². The lowest BCUT2D eigenvalue weighted by Crippen LogP contribution is -2.45. The first-order valence-corrected chi connectivity index (χ1v) is 6.44. The Morgan fingerprint density at radius 1 is 1.59 bits per heavy atom. The molecule has 0 aliphatic heterocycles. The SMILES string of the molecule is C=C(C)[C@H]1C[C@@]2(C)C(=CC1=O)CCC(O)[C@@H]2C. The summed E-state index contributed by atoms with van der Waals surface area (Å²) in [6, 6.07) is 0. The van der Waals surface area contributed by atoms with Gasteiger partial charge < -0.3 is 5.11 Å². The molecule has 2 rings (SSSR count). The Morgan fingerprint density at radius 3 is 2.82 bits per heavy atom. The van der Waals surface area contributed by atoms with E-state index in [2.05, 4.69) is 20.4 Å². The van der Waals surface area contributed by atoms with Crippen LogP contribution in [0.2, 0.25) is 0 Å². The molecule has 4 atom stereocenters. The second-order valence-corrected chi connectivity index (χ2v) is 5.99. The summed E-state index contributed by atoms with van der Waals surface area (Å²) in [7, 11) is 0. The molecular formula is C15H22O2. The molecule has 94 valence electrons. The number of carbonyl (C=O) groups is 1. The molecule has 0 bridgehead atoms. The van der Waals surface area contributed by atoms with Crippen molar-refractivity contribution in [3.63, 3.8) is 0 Å². The van der Waals surface area contributed by atoms with Crippen molar-refractivity contribution in [3.8, 4) is 0 Å². The first kappa shape index (κ1) is 12.6. The van der Waals surface area contributed by atoms with Crippen LogP contribution in [0.3, 0.4) is 0 Å². The normalized spacial score (nSPS) is 41.8. The Labute approximate surface area is 103 Å². The monoisotopic (exact) mass is 234 g/mol. The van der Waals surface area contributed by atoms with Crippen molar-refractivity contribution in [3.05, 3.63) is 23.8 Å². The lowest BCUT2D eigenvalue weighted by atomic mass is 9.57. The van der Waals surface area contributed by atoms with Crippen LogP contribution >= 0.6 is 0 Å². The van der Waals surface area contributed by atoms with Gasteiger partial charge in [-0.15, -0.1) is 0 Å². The molecule has 2 aliphatic rings. The molecule has 0 saturated heterocycles. The summed E-state index contributed by atoms with van der Waals surface area (Å²) in [4.78, 5) is 12.0. The van der Waals surface area contributed by atoms with E-state index in [0.29, 0.717) is 0 Å². The van der Waals surface area contributed by atoms with Gasteiger partial charge in [-0.1, -0.05) is 31.6 Å². The van der Waals surface area contributed by atoms with E-state index in [0.717, 1.165) is 24.8 Å². The van der Waals surface area contributed by atoms with Crippen LogP contribution in [0.25, 0.3) is 0 Å². The lowest BCUT2D eigenvalue weighted by Gasteiger charge is -2.48. The second-order valence-electron chi connectivity index (χ2n) is 5.99. The standard InChI is InChI=1S/C15H22O2/c1-9(2)12-8-15(4)10(3)13(16)6-5-11(15)7-14(12)17/h7,10,12-13,16H,1,5-6,8H2,2-4H3/t10-,12+,13?,15+/m0/s1. The first-order chi connectivity index (χ1) is 7.86. The van der Waals surface area contributed by atoms with E-state index in [9.17, 15) is 9.90 Å². The van der Waals surface area contributed by atoms with Crippen LogP contribution in [0.15, 0.2) is 23.8 Å². The first-order valence-electron chi connectivity index (χ1n) is 6.44. The predicted molar refractivity (Wildman–Crippen MR) is 68.5 cm³/mol. The van der Waals surface area contributed by atoms with Crippen molar-refractivity contribution in [1.29, 1.82) is 0 Å². The van der Waals surface area contributed by atoms with Gasteiger partial charge in [-0.05, 0) is 43.6 Å². The quantitative estimate of drug-likeness (QED) is 0.708. The van der Waals surface area contributed by atoms with Gasteiger partial charge in [-0.25, -0.2) is 0 Å². The highest BCUT2D eigenvalue weighted by atomic mass is 16.3. The maximum atomic E-state index is 12.0. The zero-order valence-corrected chi connectivity index (χ0v) is 11.0. The molecule has 2 aliphatic carbocycles. The van der Waals surface area contributed by atoms with Crippen LogP contribution in [0.1, 0.15) is 40.0 Å². The molecule has 0 aromatic heterocycles. The summed E-state index contributed by atoms with van der Waals surface area (Å²) >= 11 is 0. The number of carbonyl (C=O) groups excluding carboxylic acids is 1. The van der Waals surface area contributed by atoms with Crippen LogP contribution in [-0.2, 0) is 4.79 Å². The van der Waals surface area contributed by atoms with Gasteiger partial charge in [-0.3, -0.25) is 4.79 Å². The summed E-state index contributed by atoms with van der Waals surface area (Å²) in [5, 5.41) is 10.0. The van der Waals surface area contributed by atoms with Crippen molar-refractivity contribution in [1.82, 2.24) is 0 Å². The Morgan fingerprint density at radius 2 is 2.24 bits per heavy atom. The highest BCUT2D eigenvalue weighted by Gasteiger charge is 2.47. The predicted octanol–water partition coefficient (Wildman–Crippen LogP) is 2.88. The fourth-order valence-corrected chi connectivity index (χ4v) is 3.32. The molecule has 0 aromatic rings. The largest absolute Gasteiger partial charge is 0.393 e. The average molecular weight is 234 g/mol. The van der Waals surface area contributed by atoms with Crippen molar-refractivity contribution in [2.45, 2.75) is 46.1 Å². The van der Waals surface area contributed by atoms with E-state index in [-0.39, 0.29) is 29.1 Å². The van der Waals surface area contributed by atoms with Gasteiger partial charge in [0.15, 0.2) is 5.78 Å². The molecular weight excluding hydrogens is 212 g/mol. The van der Waals surface area contributed by atoms with Gasteiger partial charge in [0.2, 0.25) is 0 Å². The molecule has 0 radical (unpaired) electrons. The van der Waals surface area contributed by atoms with Gasteiger partial charge in [0.1, 0.15) is 0 Å². The fraction of sp³-hybridized carbons (Fsp3) is 0.667. The molecule has 1 unspecified atom stereocenters. The van der Waals surface area contributed by atoms with Gasteiger partial charge in [0.25, 0.3) is 0 Å². The van der Waals surface area contributed by atoms with Crippen LogP contribution in [0.5, 0.6) is 0 Å². The van der Waals surface area contributed by atoms with Crippen molar-refractivity contribution < 1.29 is 9.90 Å². The summed E-state index contributed by atoms with van der Waals surface area (Å²) < 4.78 is 0. The van der Waals surface area contributed by atoms with Crippen molar-refractivity contribution in [2.24, 2.45) is 17.3 Å². The number of aliphatic hydroxyl groups is 1. The maximum Gasteiger partial charge on any atom is 0.162 e. The molecule has 0 aromatic carbocycles. The van der Waals surface area contributed by atoms with Crippen molar-refractivity contribution in [2.75, 3.05) is 0 Å². The minimum Gasteiger partial charge on any atom is -0.393 e. The summed E-state index contributed by atoms with van der Waals surface area (Å²) in [5.41, 5.74) is 2.14. The van der Waals surface area contributed by atoms with Gasteiger partial charge in [0, 0.05) is 5.92 Å². The number of ketones is 1. The highest BCUT2D eigenvalue weighted by Crippen LogP contribution is 2.52. The molecule has 2 heteroatoms. The lowest BCUT2D eigenvalue weighted by molar-refractivity contribution is -0.120. The smallest absolute Gasteiger partial charge is 0.162 e. The Kier molecular flexibility index (Phi) is 3.03. The minimum atomic E-state index is -0.240. The Hall–Kier alpha value is -0.890. The molecule has 1 saturated carbocycles. The molecule has 2 nitrogen and oxygen atoms in total. The van der Waals surface area contributed by atoms with Gasteiger partial charge in [-0.2, -0.15) is 0 Å². The molecule has 0 amide bonds. The number of fused-ring (bicyclic) bond motifs is 1. The van der Waals surface area contributed by atoms with Crippen LogP contribution in [0.4, 0.5) is 0 Å². The second kappa shape index (κ2) is 4.09. The van der Waals surface area contributed by atoms with Gasteiger partial charge >= 0.3 is 0 Å². The van der Waals surface area contributed by atoms with Gasteiger partial charge in [0.05, 0.1) is 6.10 Å². The molecule has 0 heterocycles. The maximum absolute atomic E-state index is 12.0. The number of aliphatic hydroxyl groups excluding tert-OH is 1. The summed E-state index contributed by atoms with van der Waals surface area (Å²) in [6.45, 7) is 10.1. The minimum absolute atomic E-state index is 0.0325. The average Bonchev–Trinajstić information content (AvgIpc) is 2.26. The number of hydrogen-bond donors (Lipinski definition) is 1. The van der Waals surface area contributed by atoms with E-state index < -0.39 is 0 Å². The number of hydrogen-bond acceptors (Lipinski definition) is 2. The summed E-state index contributed by atoms with van der Waals surface area (Å²) in [6.07, 6.45) is 4.04. The molecule has 17 heavy (non-hydrogen) atoms. The van der Waals surface area contributed by atoms with Crippen LogP contribution in [0, 0.1) is 17.3 Å². The summed E-state index contributed by atoms with van der Waals surface area (Å²) in [5.74, 6) is 0.363. The highest BCUT2D eigenvalue weighted by molar-refractivity contribution is 5.95. The zero-order chi connectivity index (χ0) is 12.8. The Bertz CT molecular complexity index is 394. The van der Waals surface area contributed by atoms with E-state index >= 15 is 0 Å². The third-order valence-corrected chi connectivity index (χ3v) is 4.91. The molecule has 1 N–H and O–H groups in total. The van der Waals surface area contributed by atoms with Crippen molar-refractivity contribution >= 4 is 5.78 Å². The zero-order valence-electron chi connectivity index (χ0n) is 11.0. The molecule has 1 fully saturated rings. The van der Waals surface area contributed by atoms with E-state index in [4.69, 9.17) is 0 Å². The number of allylic oxidation sites excluding steroid dienone is 3.